The molecule has 2 N–H and O–H groups in total. The number of nitrogens with one attached hydrogen (secondary N) is 2. The first-order chi connectivity index (χ1) is 17.6. The number of aromatic nitrogens is 4. The summed E-state index contributed by atoms with van der Waals surface area (Å²) in [5.41, 5.74) is 1.96. The van der Waals surface area contributed by atoms with Crippen molar-refractivity contribution in [2.45, 2.75) is 46.1 Å². The summed E-state index contributed by atoms with van der Waals surface area (Å²) in [5.74, 6) is 2.57. The molecule has 0 aliphatic heterocycles. The number of amides is 2. The number of rotatable bonds is 7. The minimum absolute atomic E-state index is 0.0874. The number of methoxy groups -OCH3 is 2. The first-order valence-electron chi connectivity index (χ1n) is 11.9. The maximum Gasteiger partial charge on any atom is 0.324 e. The van der Waals surface area contributed by atoms with E-state index in [9.17, 15) is 4.79 Å². The first kappa shape index (κ1) is 25.7. The molecule has 0 saturated carbocycles. The molecule has 2 amide bonds. The Kier molecular flexibility index (Phi) is 7.19. The molecule has 2 heterocycles. The molecule has 0 radical (unpaired) electrons. The number of carbonyl (C=O) groups is 1. The molecule has 4 rings (SSSR count). The maximum atomic E-state index is 12.8. The number of hydrogen-bond acceptors (Lipinski definition) is 7. The van der Waals surface area contributed by atoms with Crippen LogP contribution in [0.4, 0.5) is 16.3 Å². The van der Waals surface area contributed by atoms with Crippen molar-refractivity contribution in [3.63, 3.8) is 0 Å². The lowest BCUT2D eigenvalue weighted by molar-refractivity contribution is 0.262. The lowest BCUT2D eigenvalue weighted by Crippen LogP contribution is -2.22. The van der Waals surface area contributed by atoms with Gasteiger partial charge in [0.05, 0.1) is 30.8 Å². The molecule has 0 atom stereocenters. The van der Waals surface area contributed by atoms with Crippen LogP contribution in [0.3, 0.4) is 0 Å². The van der Waals surface area contributed by atoms with Crippen molar-refractivity contribution in [3.05, 3.63) is 54.5 Å². The van der Waals surface area contributed by atoms with Crippen molar-refractivity contribution in [1.29, 1.82) is 0 Å². The second-order valence-electron chi connectivity index (χ2n) is 9.82. The van der Waals surface area contributed by atoms with Gasteiger partial charge in [0.15, 0.2) is 11.5 Å². The van der Waals surface area contributed by atoms with E-state index in [0.29, 0.717) is 45.5 Å². The molecular weight excluding hydrogens is 472 g/mol. The summed E-state index contributed by atoms with van der Waals surface area (Å²) in [7, 11) is 3.13. The fourth-order valence-corrected chi connectivity index (χ4v) is 3.72. The fourth-order valence-electron chi connectivity index (χ4n) is 3.72. The highest BCUT2D eigenvalue weighted by molar-refractivity contribution is 5.99. The molecule has 10 nitrogen and oxygen atoms in total. The number of fused-ring (bicyclic) bond motifs is 1. The first-order valence-corrected chi connectivity index (χ1v) is 11.9. The molecule has 194 valence electrons. The molecule has 0 bridgehead atoms. The Morgan fingerprint density at radius 2 is 1.70 bits per heavy atom. The van der Waals surface area contributed by atoms with Crippen LogP contribution in [0.15, 0.2) is 48.8 Å². The van der Waals surface area contributed by atoms with E-state index in [1.165, 1.54) is 6.33 Å². The summed E-state index contributed by atoms with van der Waals surface area (Å²) in [5, 5.41) is 11.1. The molecule has 10 heteroatoms. The SMILES string of the molecule is COc1cc2ncnc(Oc3cccc(NC(=O)Nc4cc(C(C)(C)C)nn4C(C)C)c3)c2cc1OC. The quantitative estimate of drug-likeness (QED) is 0.310. The van der Waals surface area contributed by atoms with Crippen LogP contribution in [-0.4, -0.2) is 40.0 Å². The predicted molar refractivity (Wildman–Crippen MR) is 143 cm³/mol. The van der Waals surface area contributed by atoms with Gasteiger partial charge >= 0.3 is 6.03 Å². The van der Waals surface area contributed by atoms with Crippen LogP contribution in [0.1, 0.15) is 46.4 Å². The van der Waals surface area contributed by atoms with Gasteiger partial charge in [0, 0.05) is 35.3 Å². The third kappa shape index (κ3) is 5.74. The Bertz CT molecular complexity index is 1420. The number of ether oxygens (including phenoxy) is 3. The number of anilines is 2. The normalized spacial score (nSPS) is 11.5. The number of urea groups is 1. The number of benzene rings is 2. The minimum Gasteiger partial charge on any atom is -0.493 e. The van der Waals surface area contributed by atoms with Crippen molar-refractivity contribution in [3.8, 4) is 23.1 Å². The average molecular weight is 505 g/mol. The minimum atomic E-state index is -0.385. The van der Waals surface area contributed by atoms with Gasteiger partial charge in [0.2, 0.25) is 5.88 Å². The molecule has 4 aromatic rings. The molecule has 2 aromatic carbocycles. The van der Waals surface area contributed by atoms with Crippen LogP contribution < -0.4 is 24.8 Å². The molecule has 0 aliphatic carbocycles. The van der Waals surface area contributed by atoms with E-state index in [4.69, 9.17) is 14.2 Å². The Morgan fingerprint density at radius 1 is 0.973 bits per heavy atom. The van der Waals surface area contributed by atoms with Crippen molar-refractivity contribution < 1.29 is 19.0 Å². The zero-order valence-electron chi connectivity index (χ0n) is 22.1. The van der Waals surface area contributed by atoms with E-state index in [1.54, 1.807) is 50.6 Å². The van der Waals surface area contributed by atoms with Gasteiger partial charge in [0.25, 0.3) is 0 Å². The summed E-state index contributed by atoms with van der Waals surface area (Å²) < 4.78 is 18.6. The standard InChI is InChI=1S/C27H32N6O4/c1-16(2)33-24(14-23(32-33)27(3,4)5)31-26(34)30-17-9-8-10-18(11-17)37-25-19-12-21(35-6)22(36-7)13-20(19)28-15-29-25/h8-16H,1-7H3,(H2,30,31,34). The summed E-state index contributed by atoms with van der Waals surface area (Å²) in [6.07, 6.45) is 1.42. The largest absolute Gasteiger partial charge is 0.493 e. The van der Waals surface area contributed by atoms with Crippen LogP contribution in [0.5, 0.6) is 23.1 Å². The van der Waals surface area contributed by atoms with Crippen LogP contribution >= 0.6 is 0 Å². The molecule has 0 aliphatic rings. The van der Waals surface area contributed by atoms with Gasteiger partial charge in [-0.1, -0.05) is 26.8 Å². The number of nitrogens with zero attached hydrogens (tertiary/aromatic N) is 4. The van der Waals surface area contributed by atoms with Crippen molar-refractivity contribution >= 4 is 28.4 Å². The smallest absolute Gasteiger partial charge is 0.324 e. The van der Waals surface area contributed by atoms with Gasteiger partial charge in [0.1, 0.15) is 17.9 Å². The van der Waals surface area contributed by atoms with Crippen LogP contribution in [0.25, 0.3) is 10.9 Å². The summed E-state index contributed by atoms with van der Waals surface area (Å²) >= 11 is 0. The second kappa shape index (κ2) is 10.3. The van der Waals surface area contributed by atoms with E-state index >= 15 is 0 Å². The molecule has 0 saturated heterocycles. The van der Waals surface area contributed by atoms with Crippen LogP contribution in [-0.2, 0) is 5.41 Å². The second-order valence-corrected chi connectivity index (χ2v) is 9.82. The number of carbonyl (C=O) groups excluding carboxylic acids is 1. The Labute approximate surface area is 216 Å². The van der Waals surface area contributed by atoms with E-state index in [1.807, 2.05) is 24.6 Å². The van der Waals surface area contributed by atoms with Crippen molar-refractivity contribution in [2.75, 3.05) is 24.9 Å². The topological polar surface area (TPSA) is 112 Å². The molecule has 0 fully saturated rings. The van der Waals surface area contributed by atoms with Gasteiger partial charge in [-0.05, 0) is 32.0 Å². The highest BCUT2D eigenvalue weighted by Gasteiger charge is 2.22. The Balaban J connectivity index is 1.53. The van der Waals surface area contributed by atoms with Crippen molar-refractivity contribution in [2.24, 2.45) is 0 Å². The number of hydrogen-bond donors (Lipinski definition) is 2. The molecule has 2 aromatic heterocycles. The summed E-state index contributed by atoms with van der Waals surface area (Å²) in [4.78, 5) is 21.4. The molecular formula is C27H32N6O4. The third-order valence-electron chi connectivity index (χ3n) is 5.65. The lowest BCUT2D eigenvalue weighted by atomic mass is 9.92. The fraction of sp³-hybridized carbons (Fsp3) is 0.333. The monoisotopic (exact) mass is 504 g/mol. The zero-order chi connectivity index (χ0) is 26.7. The molecule has 37 heavy (non-hydrogen) atoms. The Hall–Kier alpha value is -4.34. The van der Waals surface area contributed by atoms with E-state index in [0.717, 1.165) is 5.69 Å². The summed E-state index contributed by atoms with van der Waals surface area (Å²) in [6.45, 7) is 10.3. The van der Waals surface area contributed by atoms with Crippen molar-refractivity contribution in [1.82, 2.24) is 19.7 Å². The predicted octanol–water partition coefficient (Wildman–Crippen LogP) is 6.16. The summed E-state index contributed by atoms with van der Waals surface area (Å²) in [6, 6.07) is 12.2. The Morgan fingerprint density at radius 3 is 2.38 bits per heavy atom. The third-order valence-corrected chi connectivity index (χ3v) is 5.65. The lowest BCUT2D eigenvalue weighted by Gasteiger charge is -2.14. The maximum absolute atomic E-state index is 12.8. The van der Waals surface area contributed by atoms with Gasteiger partial charge < -0.3 is 19.5 Å². The molecule has 0 unspecified atom stereocenters. The highest BCUT2D eigenvalue weighted by atomic mass is 16.5. The van der Waals surface area contributed by atoms with Crippen LogP contribution in [0, 0.1) is 0 Å². The van der Waals surface area contributed by atoms with Gasteiger partial charge in [-0.2, -0.15) is 5.10 Å². The van der Waals surface area contributed by atoms with Crippen LogP contribution in [0.2, 0.25) is 0 Å². The zero-order valence-corrected chi connectivity index (χ0v) is 22.1. The van der Waals surface area contributed by atoms with E-state index in [-0.39, 0.29) is 17.5 Å². The highest BCUT2D eigenvalue weighted by Crippen LogP contribution is 2.36. The van der Waals surface area contributed by atoms with Gasteiger partial charge in [-0.25, -0.2) is 19.4 Å². The van der Waals surface area contributed by atoms with Gasteiger partial charge in [-0.15, -0.1) is 0 Å². The van der Waals surface area contributed by atoms with E-state index < -0.39 is 0 Å². The average Bonchev–Trinajstić information content (AvgIpc) is 3.28. The van der Waals surface area contributed by atoms with E-state index in [2.05, 4.69) is 46.5 Å². The van der Waals surface area contributed by atoms with Gasteiger partial charge in [-0.3, -0.25) is 5.32 Å². The molecule has 0 spiro atoms.